The SMILES string of the molecule is [C-]#[N+]C1=C(c2cccc(C3=C(C#N)c4cc([N+]#[C-])c(F)cc4/C3=C(/C#N)[N+]#[C-])c2)/C(=C(/C#N)[N+]#[C-])c2cc(F)c(C#N)cc21. The number of hydrogen-bond acceptors (Lipinski definition) is 4. The molecule has 5 rings (SSSR count). The zero-order chi connectivity index (χ0) is 31.7. The summed E-state index contributed by atoms with van der Waals surface area (Å²) in [6, 6.07) is 17.9. The third-order valence-electron chi connectivity index (χ3n) is 7.06. The van der Waals surface area contributed by atoms with Crippen molar-refractivity contribution in [2.24, 2.45) is 0 Å². The van der Waals surface area contributed by atoms with Gasteiger partial charge < -0.3 is 0 Å². The van der Waals surface area contributed by atoms with Crippen LogP contribution in [0.15, 0.2) is 59.9 Å². The molecule has 198 valence electrons. The molecular weight excluding hydrogens is 558 g/mol. The first-order chi connectivity index (χ1) is 21.3. The molecule has 2 aliphatic rings. The van der Waals surface area contributed by atoms with E-state index in [2.05, 4.69) is 19.4 Å². The van der Waals surface area contributed by atoms with Crippen molar-refractivity contribution in [1.82, 2.24) is 0 Å². The first-order valence-electron chi connectivity index (χ1n) is 12.2. The van der Waals surface area contributed by atoms with Gasteiger partial charge in [-0.25, -0.2) is 38.7 Å². The van der Waals surface area contributed by atoms with E-state index in [-0.39, 0.29) is 78.2 Å². The normalized spacial score (nSPS) is 14.8. The Morgan fingerprint density at radius 1 is 0.636 bits per heavy atom. The highest BCUT2D eigenvalue weighted by Gasteiger charge is 2.34. The van der Waals surface area contributed by atoms with E-state index in [1.807, 2.05) is 6.07 Å². The molecule has 0 N–H and O–H groups in total. The summed E-state index contributed by atoms with van der Waals surface area (Å²) in [4.78, 5) is 13.3. The van der Waals surface area contributed by atoms with Crippen LogP contribution in [0.2, 0.25) is 0 Å². The van der Waals surface area contributed by atoms with Crippen molar-refractivity contribution in [2.75, 3.05) is 0 Å². The summed E-state index contributed by atoms with van der Waals surface area (Å²) in [6.45, 7) is 30.4. The van der Waals surface area contributed by atoms with Gasteiger partial charge in [-0.1, -0.05) is 18.2 Å². The Hall–Kier alpha value is -7.60. The number of nitriles is 4. The molecule has 0 saturated carbocycles. The molecule has 0 aromatic heterocycles. The molecule has 0 aliphatic heterocycles. The minimum atomic E-state index is -0.901. The Kier molecular flexibility index (Phi) is 6.83. The summed E-state index contributed by atoms with van der Waals surface area (Å²) in [5, 5.41) is 39.2. The van der Waals surface area contributed by atoms with Crippen LogP contribution in [-0.4, -0.2) is 0 Å². The molecule has 0 bridgehead atoms. The average molecular weight is 566 g/mol. The second kappa shape index (κ2) is 10.8. The van der Waals surface area contributed by atoms with Crippen molar-refractivity contribution in [2.45, 2.75) is 0 Å². The molecular formula is C34H8F2N8. The Balaban J connectivity index is 1.87. The predicted octanol–water partition coefficient (Wildman–Crippen LogP) is 7.94. The number of hydrogen-bond donors (Lipinski definition) is 0. The molecule has 10 heteroatoms. The highest BCUT2D eigenvalue weighted by molar-refractivity contribution is 6.27. The fourth-order valence-electron chi connectivity index (χ4n) is 5.30. The summed E-state index contributed by atoms with van der Waals surface area (Å²) >= 11 is 0. The van der Waals surface area contributed by atoms with Crippen LogP contribution in [0.5, 0.6) is 0 Å². The van der Waals surface area contributed by atoms with Crippen LogP contribution in [-0.2, 0) is 0 Å². The number of fused-ring (bicyclic) bond motifs is 2. The number of allylic oxidation sites excluding steroid dienone is 7. The topological polar surface area (TPSA) is 113 Å². The molecule has 2 aliphatic carbocycles. The summed E-state index contributed by atoms with van der Waals surface area (Å²) in [6.07, 6.45) is 0. The molecule has 44 heavy (non-hydrogen) atoms. The maximum Gasteiger partial charge on any atom is 0.270 e. The van der Waals surface area contributed by atoms with Crippen molar-refractivity contribution in [3.63, 3.8) is 0 Å². The van der Waals surface area contributed by atoms with Crippen LogP contribution in [0.4, 0.5) is 14.5 Å². The Morgan fingerprint density at radius 3 is 1.77 bits per heavy atom. The molecule has 0 unspecified atom stereocenters. The number of halogens is 2. The van der Waals surface area contributed by atoms with Gasteiger partial charge in [-0.2, -0.15) is 10.5 Å². The lowest BCUT2D eigenvalue weighted by molar-refractivity contribution is 0.623. The van der Waals surface area contributed by atoms with Crippen LogP contribution >= 0.6 is 0 Å². The molecule has 0 amide bonds. The van der Waals surface area contributed by atoms with E-state index in [4.69, 9.17) is 26.3 Å². The van der Waals surface area contributed by atoms with Crippen LogP contribution in [0.1, 0.15) is 38.9 Å². The maximum absolute atomic E-state index is 14.8. The van der Waals surface area contributed by atoms with Crippen molar-refractivity contribution in [3.05, 3.63) is 156 Å². The fraction of sp³-hybridized carbons (Fsp3) is 0. The van der Waals surface area contributed by atoms with Gasteiger partial charge in [0.2, 0.25) is 11.4 Å². The fourth-order valence-corrected chi connectivity index (χ4v) is 5.30. The molecule has 8 nitrogen and oxygen atoms in total. The Bertz CT molecular complexity index is 2190. The molecule has 3 aromatic carbocycles. The second-order valence-electron chi connectivity index (χ2n) is 9.12. The molecule has 3 aromatic rings. The van der Waals surface area contributed by atoms with Gasteiger partial charge in [-0.05, 0) is 80.4 Å². The lowest BCUT2D eigenvalue weighted by Gasteiger charge is -2.13. The van der Waals surface area contributed by atoms with E-state index in [0.29, 0.717) is 0 Å². The largest absolute Gasteiger partial charge is 0.270 e. The molecule has 0 atom stereocenters. The third kappa shape index (κ3) is 3.96. The molecule has 0 heterocycles. The van der Waals surface area contributed by atoms with Gasteiger partial charge in [0.1, 0.15) is 23.8 Å². The minimum absolute atomic E-state index is 0.0216. The van der Waals surface area contributed by atoms with Crippen LogP contribution in [0.3, 0.4) is 0 Å². The summed E-state index contributed by atoms with van der Waals surface area (Å²) in [5.74, 6) is -1.80. The van der Waals surface area contributed by atoms with E-state index in [0.717, 1.165) is 12.1 Å². The number of rotatable bonds is 2. The average Bonchev–Trinajstić information content (AvgIpc) is 3.53. The third-order valence-corrected chi connectivity index (χ3v) is 7.06. The van der Waals surface area contributed by atoms with Gasteiger partial charge in [-0.3, -0.25) is 0 Å². The van der Waals surface area contributed by atoms with Crippen LogP contribution in [0.25, 0.3) is 52.9 Å². The van der Waals surface area contributed by atoms with Crippen molar-refractivity contribution in [1.29, 1.82) is 21.0 Å². The summed E-state index contributed by atoms with van der Waals surface area (Å²) in [5.41, 5.74) is -0.476. The monoisotopic (exact) mass is 566 g/mol. The van der Waals surface area contributed by atoms with Gasteiger partial charge in [0.05, 0.1) is 49.6 Å². The zero-order valence-electron chi connectivity index (χ0n) is 22.0. The highest BCUT2D eigenvalue weighted by Crippen LogP contribution is 2.52. The van der Waals surface area contributed by atoms with Gasteiger partial charge in [-0.15, -0.1) is 0 Å². The highest BCUT2D eigenvalue weighted by atomic mass is 19.1. The molecule has 0 fully saturated rings. The van der Waals surface area contributed by atoms with Gasteiger partial charge in [0.15, 0.2) is 0 Å². The van der Waals surface area contributed by atoms with Crippen LogP contribution in [0, 0.1) is 83.2 Å². The lowest BCUT2D eigenvalue weighted by Crippen LogP contribution is -1.95. The Labute approximate surface area is 249 Å². The van der Waals surface area contributed by atoms with Crippen LogP contribution < -0.4 is 0 Å². The standard InChI is InChI=1S/C34H8F2N8/c1-41-27-12-20-21(11-26(27)36)32(28(15-39)42-2)30(24(20)14-38)17-6-5-7-18(8-17)31-33(29(16-40)43-3)22-10-25(35)19(13-37)9-23(22)34(31)44-4/h5-12H/b32-28+,33-29-. The van der Waals surface area contributed by atoms with E-state index in [1.165, 1.54) is 18.2 Å². The number of nitrogens with zero attached hydrogens (tertiary/aromatic N) is 8. The Morgan fingerprint density at radius 2 is 1.23 bits per heavy atom. The second-order valence-corrected chi connectivity index (χ2v) is 9.12. The summed E-state index contributed by atoms with van der Waals surface area (Å²) in [7, 11) is 0. The first kappa shape index (κ1) is 27.9. The van der Waals surface area contributed by atoms with E-state index < -0.39 is 23.0 Å². The first-order valence-corrected chi connectivity index (χ1v) is 12.2. The maximum atomic E-state index is 14.8. The smallest absolute Gasteiger partial charge is 0.237 e. The van der Waals surface area contributed by atoms with Crippen molar-refractivity contribution in [3.8, 4) is 24.3 Å². The molecule has 0 radical (unpaired) electrons. The lowest BCUT2D eigenvalue weighted by atomic mass is 9.90. The predicted molar refractivity (Wildman–Crippen MR) is 154 cm³/mol. The van der Waals surface area contributed by atoms with E-state index in [9.17, 15) is 29.8 Å². The number of benzene rings is 3. The van der Waals surface area contributed by atoms with E-state index >= 15 is 0 Å². The molecule has 0 spiro atoms. The van der Waals surface area contributed by atoms with Crippen molar-refractivity contribution < 1.29 is 8.78 Å². The quantitative estimate of drug-likeness (QED) is 0.231. The van der Waals surface area contributed by atoms with Gasteiger partial charge in [0.25, 0.3) is 11.4 Å². The van der Waals surface area contributed by atoms with E-state index in [1.54, 1.807) is 36.4 Å². The summed E-state index contributed by atoms with van der Waals surface area (Å²) < 4.78 is 29.5. The zero-order valence-corrected chi connectivity index (χ0v) is 22.0. The van der Waals surface area contributed by atoms with Gasteiger partial charge >= 0.3 is 0 Å². The van der Waals surface area contributed by atoms with Gasteiger partial charge in [0, 0.05) is 5.57 Å². The van der Waals surface area contributed by atoms with Crippen molar-refractivity contribution >= 4 is 39.2 Å². The molecule has 0 saturated heterocycles. The minimum Gasteiger partial charge on any atom is -0.237 e.